The molecule has 1 aromatic carbocycles. The molecule has 0 aliphatic rings. The van der Waals surface area contributed by atoms with Gasteiger partial charge in [0, 0.05) is 11.0 Å². The summed E-state index contributed by atoms with van der Waals surface area (Å²) in [6.45, 7) is 2.47. The zero-order valence-corrected chi connectivity index (χ0v) is 10.5. The van der Waals surface area contributed by atoms with Gasteiger partial charge in [0.2, 0.25) is 0 Å². The van der Waals surface area contributed by atoms with Crippen LogP contribution >= 0.6 is 27.5 Å². The lowest BCUT2D eigenvalue weighted by molar-refractivity contribution is 0.177. The lowest BCUT2D eigenvalue weighted by atomic mass is 10.0. The van der Waals surface area contributed by atoms with Crippen LogP contribution in [0.1, 0.15) is 17.2 Å². The predicted molar refractivity (Wildman–Crippen MR) is 62.8 cm³/mol. The Morgan fingerprint density at radius 3 is 2.79 bits per heavy atom. The van der Waals surface area contributed by atoms with Crippen molar-refractivity contribution in [1.82, 2.24) is 5.32 Å². The molecule has 1 rings (SSSR count). The van der Waals surface area contributed by atoms with Gasteiger partial charge in [0.25, 0.3) is 0 Å². The second-order valence-electron chi connectivity index (χ2n) is 3.20. The molecule has 0 heterocycles. The smallest absolute Gasteiger partial charge is 0.0917 e. The van der Waals surface area contributed by atoms with Crippen LogP contribution in [-0.4, -0.2) is 18.7 Å². The summed E-state index contributed by atoms with van der Waals surface area (Å²) in [6.07, 6.45) is -0.492. The van der Waals surface area contributed by atoms with E-state index in [-0.39, 0.29) is 0 Å². The first-order valence-electron chi connectivity index (χ1n) is 4.34. The first-order valence-corrected chi connectivity index (χ1v) is 5.51. The molecule has 0 aliphatic carbocycles. The fraction of sp³-hybridized carbons (Fsp3) is 0.400. The number of hydrogen-bond donors (Lipinski definition) is 2. The number of rotatable bonds is 3. The van der Waals surface area contributed by atoms with Crippen molar-refractivity contribution < 1.29 is 5.11 Å². The van der Waals surface area contributed by atoms with E-state index in [0.717, 1.165) is 15.6 Å². The van der Waals surface area contributed by atoms with Crippen LogP contribution < -0.4 is 5.32 Å². The number of aryl methyl sites for hydroxylation is 1. The molecule has 0 saturated heterocycles. The molecule has 0 amide bonds. The van der Waals surface area contributed by atoms with Gasteiger partial charge in [0.05, 0.1) is 11.1 Å². The van der Waals surface area contributed by atoms with E-state index in [1.54, 1.807) is 0 Å². The van der Waals surface area contributed by atoms with Crippen molar-refractivity contribution in [3.8, 4) is 0 Å². The second kappa shape index (κ2) is 5.12. The Morgan fingerprint density at radius 2 is 2.21 bits per heavy atom. The van der Waals surface area contributed by atoms with Crippen LogP contribution in [0.15, 0.2) is 16.6 Å². The summed E-state index contributed by atoms with van der Waals surface area (Å²) < 4.78 is 0.815. The van der Waals surface area contributed by atoms with Gasteiger partial charge in [0.15, 0.2) is 0 Å². The topological polar surface area (TPSA) is 32.3 Å². The highest BCUT2D eigenvalue weighted by molar-refractivity contribution is 9.10. The molecular weight excluding hydrogens is 265 g/mol. The number of nitrogens with one attached hydrogen (secondary N) is 1. The Labute approximate surface area is 97.4 Å². The number of aliphatic hydroxyl groups excluding tert-OH is 1. The Kier molecular flexibility index (Phi) is 4.38. The van der Waals surface area contributed by atoms with Crippen molar-refractivity contribution in [3.05, 3.63) is 32.8 Å². The normalized spacial score (nSPS) is 12.9. The van der Waals surface area contributed by atoms with E-state index in [2.05, 4.69) is 21.2 Å². The Hall–Kier alpha value is -0.0900. The van der Waals surface area contributed by atoms with Crippen molar-refractivity contribution >= 4 is 27.5 Å². The third-order valence-electron chi connectivity index (χ3n) is 2.07. The monoisotopic (exact) mass is 277 g/mol. The maximum absolute atomic E-state index is 9.79. The van der Waals surface area contributed by atoms with Gasteiger partial charge >= 0.3 is 0 Å². The van der Waals surface area contributed by atoms with E-state index < -0.39 is 6.10 Å². The summed E-state index contributed by atoms with van der Waals surface area (Å²) in [5.41, 5.74) is 1.90. The van der Waals surface area contributed by atoms with Gasteiger partial charge < -0.3 is 10.4 Å². The lowest BCUT2D eigenvalue weighted by Gasteiger charge is -2.14. The fourth-order valence-electron chi connectivity index (χ4n) is 1.32. The largest absolute Gasteiger partial charge is 0.387 e. The van der Waals surface area contributed by atoms with Crippen LogP contribution in [0.2, 0.25) is 5.02 Å². The van der Waals surface area contributed by atoms with Gasteiger partial charge in [0.1, 0.15) is 0 Å². The second-order valence-corrected chi connectivity index (χ2v) is 4.46. The number of likely N-dealkylation sites (N-methyl/N-ethyl adjacent to an activating group) is 1. The van der Waals surface area contributed by atoms with Crippen molar-refractivity contribution in [1.29, 1.82) is 0 Å². The van der Waals surface area contributed by atoms with Crippen molar-refractivity contribution in [2.24, 2.45) is 0 Å². The van der Waals surface area contributed by atoms with Crippen LogP contribution in [-0.2, 0) is 0 Å². The van der Waals surface area contributed by atoms with E-state index in [0.29, 0.717) is 11.6 Å². The number of aliphatic hydroxyl groups is 1. The van der Waals surface area contributed by atoms with Crippen LogP contribution in [0, 0.1) is 6.92 Å². The van der Waals surface area contributed by atoms with Crippen LogP contribution in [0.5, 0.6) is 0 Å². The van der Waals surface area contributed by atoms with Crippen molar-refractivity contribution in [2.75, 3.05) is 13.6 Å². The number of hydrogen-bond acceptors (Lipinski definition) is 2. The molecular formula is C10H13BrClNO. The zero-order chi connectivity index (χ0) is 10.7. The summed E-state index contributed by atoms with van der Waals surface area (Å²) in [7, 11) is 1.81. The predicted octanol–water partition coefficient (Wildman–Crippen LogP) is 2.66. The van der Waals surface area contributed by atoms with Crippen LogP contribution in [0.4, 0.5) is 0 Å². The minimum atomic E-state index is -0.492. The number of benzene rings is 1. The minimum Gasteiger partial charge on any atom is -0.387 e. The molecule has 0 aliphatic heterocycles. The Bertz CT molecular complexity index is 330. The first-order chi connectivity index (χ1) is 6.56. The van der Waals surface area contributed by atoms with E-state index in [4.69, 9.17) is 11.6 Å². The Balaban J connectivity index is 3.02. The molecule has 0 aromatic heterocycles. The number of halogens is 2. The van der Waals surface area contributed by atoms with Gasteiger partial charge in [-0.2, -0.15) is 0 Å². The quantitative estimate of drug-likeness (QED) is 0.891. The van der Waals surface area contributed by atoms with Crippen molar-refractivity contribution in [2.45, 2.75) is 13.0 Å². The van der Waals surface area contributed by atoms with Crippen LogP contribution in [0.25, 0.3) is 0 Å². The molecule has 0 bridgehead atoms. The van der Waals surface area contributed by atoms with E-state index in [1.807, 2.05) is 26.1 Å². The average Bonchev–Trinajstić information content (AvgIpc) is 2.11. The molecule has 1 aromatic rings. The van der Waals surface area contributed by atoms with Crippen LogP contribution in [0.3, 0.4) is 0 Å². The molecule has 0 saturated carbocycles. The van der Waals surface area contributed by atoms with Gasteiger partial charge in [-0.15, -0.1) is 0 Å². The third kappa shape index (κ3) is 2.70. The SMILES string of the molecule is CNCC(O)c1cc(Br)c(Cl)cc1C. The molecule has 0 spiro atoms. The van der Waals surface area contributed by atoms with Gasteiger partial charge in [-0.05, 0) is 53.2 Å². The van der Waals surface area contributed by atoms with E-state index >= 15 is 0 Å². The van der Waals surface area contributed by atoms with Gasteiger partial charge in [-0.25, -0.2) is 0 Å². The lowest BCUT2D eigenvalue weighted by Crippen LogP contribution is -2.17. The highest BCUT2D eigenvalue weighted by Crippen LogP contribution is 2.28. The average molecular weight is 279 g/mol. The van der Waals surface area contributed by atoms with Gasteiger partial charge in [-0.3, -0.25) is 0 Å². The molecule has 14 heavy (non-hydrogen) atoms. The summed E-state index contributed by atoms with van der Waals surface area (Å²) in [5.74, 6) is 0. The van der Waals surface area contributed by atoms with E-state index in [1.165, 1.54) is 0 Å². The standard InChI is InChI=1S/C10H13BrClNO/c1-6-3-9(12)8(11)4-7(6)10(14)5-13-2/h3-4,10,13-14H,5H2,1-2H3. The highest BCUT2D eigenvalue weighted by atomic mass is 79.9. The van der Waals surface area contributed by atoms with E-state index in [9.17, 15) is 5.11 Å². The fourth-order valence-corrected chi connectivity index (χ4v) is 1.90. The highest BCUT2D eigenvalue weighted by Gasteiger charge is 2.11. The molecule has 2 nitrogen and oxygen atoms in total. The Morgan fingerprint density at radius 1 is 1.57 bits per heavy atom. The molecule has 2 N–H and O–H groups in total. The van der Waals surface area contributed by atoms with Gasteiger partial charge in [-0.1, -0.05) is 11.6 Å². The summed E-state index contributed by atoms with van der Waals surface area (Å²) >= 11 is 9.26. The molecule has 1 atom stereocenters. The minimum absolute atomic E-state index is 0.492. The first kappa shape index (κ1) is 12.0. The molecule has 1 unspecified atom stereocenters. The zero-order valence-electron chi connectivity index (χ0n) is 8.14. The summed E-state index contributed by atoms with van der Waals surface area (Å²) in [5, 5.41) is 13.4. The maximum atomic E-state index is 9.79. The maximum Gasteiger partial charge on any atom is 0.0917 e. The third-order valence-corrected chi connectivity index (χ3v) is 3.26. The molecule has 78 valence electrons. The van der Waals surface area contributed by atoms with Crippen molar-refractivity contribution in [3.63, 3.8) is 0 Å². The summed E-state index contributed by atoms with van der Waals surface area (Å²) in [6, 6.07) is 3.71. The molecule has 4 heteroatoms. The molecule has 0 radical (unpaired) electrons. The summed E-state index contributed by atoms with van der Waals surface area (Å²) in [4.78, 5) is 0. The molecule has 0 fully saturated rings.